The molecule has 17 heavy (non-hydrogen) atoms. The molecule has 2 aliphatic rings. The van der Waals surface area contributed by atoms with Gasteiger partial charge in [-0.25, -0.2) is 0 Å². The van der Waals surface area contributed by atoms with E-state index in [0.29, 0.717) is 32.1 Å². The molecule has 0 saturated carbocycles. The fourth-order valence-electron chi connectivity index (χ4n) is 2.46. The highest BCUT2D eigenvalue weighted by Crippen LogP contribution is 2.17. The number of amides is 2. The van der Waals surface area contributed by atoms with E-state index in [1.807, 2.05) is 4.90 Å². The van der Waals surface area contributed by atoms with Crippen LogP contribution in [0.2, 0.25) is 0 Å². The average molecular weight is 239 g/mol. The largest absolute Gasteiger partial charge is 0.354 e. The lowest BCUT2D eigenvalue weighted by Crippen LogP contribution is -2.46. The predicted octanol–water partition coefficient (Wildman–Crippen LogP) is -0.277. The van der Waals surface area contributed by atoms with E-state index in [0.717, 1.165) is 19.4 Å². The quantitative estimate of drug-likeness (QED) is 0.662. The van der Waals surface area contributed by atoms with Gasteiger partial charge in [-0.3, -0.25) is 9.59 Å². The highest BCUT2D eigenvalue weighted by Gasteiger charge is 2.28. The van der Waals surface area contributed by atoms with Crippen LogP contribution >= 0.6 is 0 Å². The van der Waals surface area contributed by atoms with Crippen molar-refractivity contribution in [2.24, 2.45) is 5.92 Å². The van der Waals surface area contributed by atoms with Crippen LogP contribution < -0.4 is 10.6 Å². The molecule has 96 valence electrons. The van der Waals surface area contributed by atoms with Gasteiger partial charge in [0.2, 0.25) is 11.8 Å². The number of nitrogens with zero attached hydrogens (tertiary/aromatic N) is 1. The lowest BCUT2D eigenvalue weighted by atomic mass is 9.94. The third kappa shape index (κ3) is 3.19. The summed E-state index contributed by atoms with van der Waals surface area (Å²) in [5, 5.41) is 6.14. The molecule has 0 aromatic heterocycles. The van der Waals surface area contributed by atoms with E-state index in [-0.39, 0.29) is 17.7 Å². The normalized spacial score (nSPS) is 30.6. The molecule has 0 aromatic rings. The fourth-order valence-corrected chi connectivity index (χ4v) is 2.46. The number of hydrogen-bond donors (Lipinski definition) is 2. The van der Waals surface area contributed by atoms with Crippen molar-refractivity contribution in [3.63, 3.8) is 0 Å². The Bertz CT molecular complexity index is 298. The summed E-state index contributed by atoms with van der Waals surface area (Å²) in [6, 6.07) is 0.520. The molecule has 0 radical (unpaired) electrons. The number of rotatable bonds is 1. The van der Waals surface area contributed by atoms with Crippen LogP contribution in [0, 0.1) is 5.92 Å². The van der Waals surface area contributed by atoms with Crippen molar-refractivity contribution >= 4 is 11.8 Å². The van der Waals surface area contributed by atoms with Gasteiger partial charge in [0.15, 0.2) is 0 Å². The Morgan fingerprint density at radius 3 is 2.88 bits per heavy atom. The lowest BCUT2D eigenvalue weighted by molar-refractivity contribution is -0.136. The standard InChI is InChI=1S/C12H21N3O2/c1-9-2-3-10(8-14-9)12(17)15-6-4-11(16)13-5-7-15/h9-10,14H,2-8H2,1H3,(H,13,16). The Balaban J connectivity index is 1.88. The van der Waals surface area contributed by atoms with Gasteiger partial charge in [-0.1, -0.05) is 0 Å². The first-order valence-electron chi connectivity index (χ1n) is 6.45. The zero-order valence-corrected chi connectivity index (χ0v) is 10.4. The molecule has 2 amide bonds. The molecule has 0 spiro atoms. The van der Waals surface area contributed by atoms with Gasteiger partial charge in [0.1, 0.15) is 0 Å². The van der Waals surface area contributed by atoms with Crippen LogP contribution in [-0.2, 0) is 9.59 Å². The van der Waals surface area contributed by atoms with Gasteiger partial charge in [0, 0.05) is 38.6 Å². The summed E-state index contributed by atoms with van der Waals surface area (Å²) < 4.78 is 0. The van der Waals surface area contributed by atoms with E-state index in [1.54, 1.807) is 0 Å². The van der Waals surface area contributed by atoms with Gasteiger partial charge < -0.3 is 15.5 Å². The molecule has 2 N–H and O–H groups in total. The van der Waals surface area contributed by atoms with Crippen molar-refractivity contribution in [2.45, 2.75) is 32.2 Å². The van der Waals surface area contributed by atoms with Gasteiger partial charge >= 0.3 is 0 Å². The van der Waals surface area contributed by atoms with Crippen molar-refractivity contribution < 1.29 is 9.59 Å². The fraction of sp³-hybridized carbons (Fsp3) is 0.833. The van der Waals surface area contributed by atoms with E-state index in [4.69, 9.17) is 0 Å². The van der Waals surface area contributed by atoms with Gasteiger partial charge in [-0.05, 0) is 19.8 Å². The molecule has 5 nitrogen and oxygen atoms in total. The number of carbonyl (C=O) groups is 2. The van der Waals surface area contributed by atoms with Crippen molar-refractivity contribution in [2.75, 3.05) is 26.2 Å². The topological polar surface area (TPSA) is 61.4 Å². The molecule has 2 heterocycles. The first-order valence-corrected chi connectivity index (χ1v) is 6.45. The third-order valence-corrected chi connectivity index (χ3v) is 3.63. The Hall–Kier alpha value is -1.10. The third-order valence-electron chi connectivity index (χ3n) is 3.63. The predicted molar refractivity (Wildman–Crippen MR) is 64.4 cm³/mol. The maximum atomic E-state index is 12.3. The summed E-state index contributed by atoms with van der Waals surface area (Å²) in [7, 11) is 0. The first-order chi connectivity index (χ1) is 8.16. The second kappa shape index (κ2) is 5.49. The van der Waals surface area contributed by atoms with Crippen molar-refractivity contribution in [3.8, 4) is 0 Å². The van der Waals surface area contributed by atoms with Crippen molar-refractivity contribution in [1.29, 1.82) is 0 Å². The maximum absolute atomic E-state index is 12.3. The highest BCUT2D eigenvalue weighted by atomic mass is 16.2. The van der Waals surface area contributed by atoms with Gasteiger partial charge in [0.05, 0.1) is 5.92 Å². The number of piperidine rings is 1. The summed E-state index contributed by atoms with van der Waals surface area (Å²) in [6.45, 7) is 4.72. The van der Waals surface area contributed by atoms with Crippen LogP contribution in [0.5, 0.6) is 0 Å². The van der Waals surface area contributed by atoms with Crippen LogP contribution in [0.25, 0.3) is 0 Å². The van der Waals surface area contributed by atoms with E-state index < -0.39 is 0 Å². The van der Waals surface area contributed by atoms with Crippen LogP contribution in [0.1, 0.15) is 26.2 Å². The minimum absolute atomic E-state index is 0.0516. The molecule has 0 bridgehead atoms. The Morgan fingerprint density at radius 1 is 1.35 bits per heavy atom. The molecule has 2 unspecified atom stereocenters. The molecule has 2 atom stereocenters. The molecule has 0 aliphatic carbocycles. The van der Waals surface area contributed by atoms with Crippen LogP contribution in [0.4, 0.5) is 0 Å². The lowest BCUT2D eigenvalue weighted by Gasteiger charge is -2.31. The molecule has 5 heteroatoms. The van der Waals surface area contributed by atoms with E-state index in [2.05, 4.69) is 17.6 Å². The second-order valence-corrected chi connectivity index (χ2v) is 5.01. The molecular weight excluding hydrogens is 218 g/mol. The average Bonchev–Trinajstić information content (AvgIpc) is 2.54. The summed E-state index contributed by atoms with van der Waals surface area (Å²) >= 11 is 0. The molecule has 2 fully saturated rings. The Kier molecular flexibility index (Phi) is 3.99. The molecule has 0 aromatic carbocycles. The zero-order valence-electron chi connectivity index (χ0n) is 10.4. The van der Waals surface area contributed by atoms with E-state index in [1.165, 1.54) is 0 Å². The molecule has 2 rings (SSSR count). The minimum Gasteiger partial charge on any atom is -0.354 e. The smallest absolute Gasteiger partial charge is 0.227 e. The zero-order chi connectivity index (χ0) is 12.3. The van der Waals surface area contributed by atoms with Crippen molar-refractivity contribution in [3.05, 3.63) is 0 Å². The molecular formula is C12H21N3O2. The summed E-state index contributed by atoms with van der Waals surface area (Å²) in [5.41, 5.74) is 0. The second-order valence-electron chi connectivity index (χ2n) is 5.01. The number of carbonyl (C=O) groups excluding carboxylic acids is 2. The van der Waals surface area contributed by atoms with Crippen LogP contribution in [0.3, 0.4) is 0 Å². The number of hydrogen-bond acceptors (Lipinski definition) is 3. The van der Waals surface area contributed by atoms with Crippen LogP contribution in [0.15, 0.2) is 0 Å². The Labute approximate surface area is 102 Å². The van der Waals surface area contributed by atoms with Gasteiger partial charge in [0.25, 0.3) is 0 Å². The summed E-state index contributed by atoms with van der Waals surface area (Å²) in [5.74, 6) is 0.357. The maximum Gasteiger partial charge on any atom is 0.227 e. The highest BCUT2D eigenvalue weighted by molar-refractivity contribution is 5.81. The first kappa shape index (κ1) is 12.4. The summed E-state index contributed by atoms with van der Waals surface area (Å²) in [4.78, 5) is 25.3. The van der Waals surface area contributed by atoms with Crippen molar-refractivity contribution in [1.82, 2.24) is 15.5 Å². The molecule has 2 aliphatic heterocycles. The summed E-state index contributed by atoms with van der Waals surface area (Å²) in [6.07, 6.45) is 2.45. The SMILES string of the molecule is CC1CCC(C(=O)N2CCNC(=O)CC2)CN1. The van der Waals surface area contributed by atoms with Gasteiger partial charge in [-0.2, -0.15) is 0 Å². The van der Waals surface area contributed by atoms with E-state index >= 15 is 0 Å². The Morgan fingerprint density at radius 2 is 2.18 bits per heavy atom. The monoisotopic (exact) mass is 239 g/mol. The number of nitrogens with one attached hydrogen (secondary N) is 2. The van der Waals surface area contributed by atoms with Gasteiger partial charge in [-0.15, -0.1) is 0 Å². The van der Waals surface area contributed by atoms with E-state index in [9.17, 15) is 9.59 Å². The minimum atomic E-state index is 0.0516. The molecule has 2 saturated heterocycles. The van der Waals surface area contributed by atoms with Crippen LogP contribution in [-0.4, -0.2) is 48.9 Å².